The predicted octanol–water partition coefficient (Wildman–Crippen LogP) is 3.26. The molecular formula is C24H32IN3O5S. The van der Waals surface area contributed by atoms with Crippen LogP contribution in [0.15, 0.2) is 48.5 Å². The SMILES string of the molecule is COc1ccc(CN(C(=O)CN(c2ccc(I)cc2)S(C)(=O)=O)C(C)C(=O)NCC(C)C)cc1. The van der Waals surface area contributed by atoms with Crippen LogP contribution in [0.5, 0.6) is 5.75 Å². The Hall–Kier alpha value is -2.34. The van der Waals surface area contributed by atoms with E-state index >= 15 is 0 Å². The van der Waals surface area contributed by atoms with Gasteiger partial charge in [-0.2, -0.15) is 0 Å². The molecule has 2 aromatic rings. The number of halogens is 1. The van der Waals surface area contributed by atoms with Crippen LogP contribution < -0.4 is 14.4 Å². The second kappa shape index (κ2) is 12.4. The molecule has 0 bridgehead atoms. The first-order valence-corrected chi connectivity index (χ1v) is 13.8. The van der Waals surface area contributed by atoms with Gasteiger partial charge in [0.2, 0.25) is 21.8 Å². The molecule has 0 saturated heterocycles. The molecule has 2 aromatic carbocycles. The average molecular weight is 602 g/mol. The van der Waals surface area contributed by atoms with Crippen LogP contribution in [-0.4, -0.2) is 57.6 Å². The molecule has 1 N–H and O–H groups in total. The van der Waals surface area contributed by atoms with Gasteiger partial charge in [0.15, 0.2) is 0 Å². The highest BCUT2D eigenvalue weighted by Crippen LogP contribution is 2.21. The molecule has 2 amide bonds. The molecular weight excluding hydrogens is 569 g/mol. The number of hydrogen-bond donors (Lipinski definition) is 1. The maximum absolute atomic E-state index is 13.5. The fourth-order valence-electron chi connectivity index (χ4n) is 3.18. The van der Waals surface area contributed by atoms with Crippen molar-refractivity contribution >= 4 is 50.1 Å². The first kappa shape index (κ1) is 27.9. The van der Waals surface area contributed by atoms with Gasteiger partial charge in [0.05, 0.1) is 19.1 Å². The standard InChI is InChI=1S/C24H32IN3O5S/c1-17(2)14-26-24(30)18(3)27(15-19-6-12-22(33-4)13-7-19)23(29)16-28(34(5,31)32)21-10-8-20(25)9-11-21/h6-13,17-18H,14-16H2,1-5H3,(H,26,30). The van der Waals surface area contributed by atoms with Gasteiger partial charge in [-0.1, -0.05) is 26.0 Å². The summed E-state index contributed by atoms with van der Waals surface area (Å²) in [5, 5.41) is 2.86. The van der Waals surface area contributed by atoms with E-state index in [1.807, 2.05) is 26.0 Å². The highest BCUT2D eigenvalue weighted by molar-refractivity contribution is 14.1. The minimum atomic E-state index is -3.74. The average Bonchev–Trinajstić information content (AvgIpc) is 2.79. The maximum Gasteiger partial charge on any atom is 0.244 e. The lowest BCUT2D eigenvalue weighted by atomic mass is 10.1. The summed E-state index contributed by atoms with van der Waals surface area (Å²) >= 11 is 2.13. The number of rotatable bonds is 11. The third-order valence-electron chi connectivity index (χ3n) is 5.16. The fraction of sp³-hybridized carbons (Fsp3) is 0.417. The van der Waals surface area contributed by atoms with E-state index in [-0.39, 0.29) is 18.4 Å². The lowest BCUT2D eigenvalue weighted by Crippen LogP contribution is -2.51. The molecule has 0 aliphatic heterocycles. The normalized spacial score (nSPS) is 12.2. The largest absolute Gasteiger partial charge is 0.497 e. The number of carbonyl (C=O) groups excluding carboxylic acids is 2. The Morgan fingerprint density at radius 3 is 2.12 bits per heavy atom. The third kappa shape index (κ3) is 8.15. The number of benzene rings is 2. The molecule has 0 fully saturated rings. The number of methoxy groups -OCH3 is 1. The van der Waals surface area contributed by atoms with Crippen molar-refractivity contribution in [3.8, 4) is 5.75 Å². The zero-order valence-corrected chi connectivity index (χ0v) is 23.1. The summed E-state index contributed by atoms with van der Waals surface area (Å²) in [6, 6.07) is 13.2. The summed E-state index contributed by atoms with van der Waals surface area (Å²) in [4.78, 5) is 27.7. The van der Waals surface area contributed by atoms with Crippen molar-refractivity contribution < 1.29 is 22.7 Å². The smallest absolute Gasteiger partial charge is 0.244 e. The molecule has 0 aliphatic rings. The van der Waals surface area contributed by atoms with Crippen molar-refractivity contribution in [3.05, 3.63) is 57.7 Å². The monoisotopic (exact) mass is 601 g/mol. The highest BCUT2D eigenvalue weighted by atomic mass is 127. The van der Waals surface area contributed by atoms with Gasteiger partial charge in [-0.15, -0.1) is 0 Å². The Morgan fingerprint density at radius 1 is 1.03 bits per heavy atom. The molecule has 0 radical (unpaired) electrons. The van der Waals surface area contributed by atoms with Crippen molar-refractivity contribution in [2.75, 3.05) is 30.8 Å². The van der Waals surface area contributed by atoms with Gasteiger partial charge in [-0.3, -0.25) is 13.9 Å². The van der Waals surface area contributed by atoms with Gasteiger partial charge in [0.25, 0.3) is 0 Å². The van der Waals surface area contributed by atoms with Crippen LogP contribution in [-0.2, 0) is 26.2 Å². The fourth-order valence-corrected chi connectivity index (χ4v) is 4.39. The van der Waals surface area contributed by atoms with Gasteiger partial charge >= 0.3 is 0 Å². The molecule has 0 saturated carbocycles. The molecule has 1 unspecified atom stereocenters. The lowest BCUT2D eigenvalue weighted by Gasteiger charge is -2.31. The van der Waals surface area contributed by atoms with Crippen LogP contribution >= 0.6 is 22.6 Å². The van der Waals surface area contributed by atoms with Crippen LogP contribution in [0, 0.1) is 9.49 Å². The number of carbonyl (C=O) groups is 2. The molecule has 186 valence electrons. The Labute approximate surface area is 215 Å². The van der Waals surface area contributed by atoms with E-state index in [2.05, 4.69) is 27.9 Å². The molecule has 0 heterocycles. The van der Waals surface area contributed by atoms with Gasteiger partial charge in [0, 0.05) is 16.7 Å². The van der Waals surface area contributed by atoms with Gasteiger partial charge in [-0.25, -0.2) is 8.42 Å². The number of anilines is 1. The number of amides is 2. The molecule has 0 aromatic heterocycles. The number of nitrogens with zero attached hydrogens (tertiary/aromatic N) is 2. The topological polar surface area (TPSA) is 96.0 Å². The molecule has 0 aliphatic carbocycles. The van der Waals surface area contributed by atoms with E-state index in [0.717, 1.165) is 19.7 Å². The van der Waals surface area contributed by atoms with Crippen LogP contribution in [0.4, 0.5) is 5.69 Å². The van der Waals surface area contributed by atoms with E-state index < -0.39 is 28.5 Å². The summed E-state index contributed by atoms with van der Waals surface area (Å²) in [6.07, 6.45) is 1.06. The maximum atomic E-state index is 13.5. The molecule has 1 atom stereocenters. The summed E-state index contributed by atoms with van der Waals surface area (Å²) in [7, 11) is -2.18. The predicted molar refractivity (Wildman–Crippen MR) is 142 cm³/mol. The van der Waals surface area contributed by atoms with Crippen LogP contribution in [0.2, 0.25) is 0 Å². The molecule has 0 spiro atoms. The lowest BCUT2D eigenvalue weighted by molar-refractivity contribution is -0.139. The van der Waals surface area contributed by atoms with Gasteiger partial charge < -0.3 is 15.0 Å². The Morgan fingerprint density at radius 2 is 1.62 bits per heavy atom. The Balaban J connectivity index is 2.34. The minimum absolute atomic E-state index is 0.142. The first-order chi connectivity index (χ1) is 15.9. The third-order valence-corrected chi connectivity index (χ3v) is 7.02. The Kier molecular flexibility index (Phi) is 10.2. The van der Waals surface area contributed by atoms with Crippen molar-refractivity contribution in [2.45, 2.75) is 33.4 Å². The van der Waals surface area contributed by atoms with E-state index in [4.69, 9.17) is 4.74 Å². The molecule has 10 heteroatoms. The Bertz CT molecular complexity index is 1070. The minimum Gasteiger partial charge on any atom is -0.497 e. The molecule has 34 heavy (non-hydrogen) atoms. The van der Waals surface area contributed by atoms with E-state index in [1.165, 1.54) is 4.90 Å². The van der Waals surface area contributed by atoms with E-state index in [9.17, 15) is 18.0 Å². The van der Waals surface area contributed by atoms with Gasteiger partial charge in [-0.05, 0) is 77.4 Å². The van der Waals surface area contributed by atoms with Crippen LogP contribution in [0.3, 0.4) is 0 Å². The number of sulfonamides is 1. The first-order valence-electron chi connectivity index (χ1n) is 10.9. The zero-order chi connectivity index (χ0) is 25.5. The number of ether oxygens (including phenoxy) is 1. The van der Waals surface area contributed by atoms with Crippen molar-refractivity contribution in [1.82, 2.24) is 10.2 Å². The quantitative estimate of drug-likeness (QED) is 0.399. The molecule has 8 nitrogen and oxygen atoms in total. The van der Waals surface area contributed by atoms with Crippen molar-refractivity contribution in [3.63, 3.8) is 0 Å². The van der Waals surface area contributed by atoms with E-state index in [0.29, 0.717) is 18.0 Å². The van der Waals surface area contributed by atoms with Crippen molar-refractivity contribution in [1.29, 1.82) is 0 Å². The second-order valence-corrected chi connectivity index (χ2v) is 11.6. The zero-order valence-electron chi connectivity index (χ0n) is 20.1. The summed E-state index contributed by atoms with van der Waals surface area (Å²) < 4.78 is 32.3. The van der Waals surface area contributed by atoms with Gasteiger partial charge in [0.1, 0.15) is 18.3 Å². The summed E-state index contributed by atoms with van der Waals surface area (Å²) in [5.74, 6) is 0.150. The van der Waals surface area contributed by atoms with Crippen molar-refractivity contribution in [2.24, 2.45) is 5.92 Å². The van der Waals surface area contributed by atoms with Crippen LogP contribution in [0.1, 0.15) is 26.3 Å². The van der Waals surface area contributed by atoms with Crippen LogP contribution in [0.25, 0.3) is 0 Å². The molecule has 2 rings (SSSR count). The highest BCUT2D eigenvalue weighted by Gasteiger charge is 2.30. The number of nitrogens with one attached hydrogen (secondary N) is 1. The number of hydrogen-bond acceptors (Lipinski definition) is 5. The summed E-state index contributed by atoms with van der Waals surface area (Å²) in [5.41, 5.74) is 1.18. The van der Waals surface area contributed by atoms with E-state index in [1.54, 1.807) is 50.4 Å². The summed E-state index contributed by atoms with van der Waals surface area (Å²) in [6.45, 7) is 5.81. The second-order valence-electron chi connectivity index (χ2n) is 8.43.